The van der Waals surface area contributed by atoms with Crippen molar-refractivity contribution in [1.29, 1.82) is 0 Å². The summed E-state index contributed by atoms with van der Waals surface area (Å²) >= 11 is 0. The Kier molecular flexibility index (Phi) is 6.95. The fourth-order valence-corrected chi connectivity index (χ4v) is 3.20. The molecule has 2 aromatic carbocycles. The molecule has 0 saturated carbocycles. The van der Waals surface area contributed by atoms with Gasteiger partial charge in [-0.15, -0.1) is 0 Å². The van der Waals surface area contributed by atoms with Gasteiger partial charge in [0.1, 0.15) is 12.2 Å². The number of rotatable bonds is 7. The molecule has 0 aliphatic carbocycles. The van der Waals surface area contributed by atoms with Crippen LogP contribution in [0.1, 0.15) is 38.2 Å². The quantitative estimate of drug-likeness (QED) is 0.587. The molecule has 0 aliphatic heterocycles. The van der Waals surface area contributed by atoms with E-state index >= 15 is 0 Å². The molecule has 1 aromatic heterocycles. The Balaban J connectivity index is 1.78. The molecule has 3 aromatic rings. The normalized spacial score (nSPS) is 11.7. The molecule has 156 valence electrons. The Bertz CT molecular complexity index is 1080. The lowest BCUT2D eigenvalue weighted by atomic mass is 10.1. The predicted molar refractivity (Wildman–Crippen MR) is 117 cm³/mol. The minimum atomic E-state index is -1.39. The summed E-state index contributed by atoms with van der Waals surface area (Å²) < 4.78 is 17.7. The van der Waals surface area contributed by atoms with Crippen molar-refractivity contribution in [2.24, 2.45) is 0 Å². The monoisotopic (exact) mass is 423 g/mol. The lowest BCUT2D eigenvalue weighted by molar-refractivity contribution is 0.0944. The van der Waals surface area contributed by atoms with Gasteiger partial charge in [-0.3, -0.25) is 9.00 Å². The average molecular weight is 424 g/mol. The number of ether oxygens (including phenoxy) is 1. The standard InChI is InChI=1S/C23H25N3O3S/c1-15-5-8-18(9-6-15)12-24-21(27)20-13-25-23(30(4)28)26-22(20)29-14-19-10-7-16(2)17(3)11-19/h5-11,13H,12,14H2,1-4H3,(H,24,27). The molecule has 1 amide bonds. The van der Waals surface area contributed by atoms with E-state index < -0.39 is 10.8 Å². The first kappa shape index (κ1) is 21.6. The molecule has 0 spiro atoms. The molecule has 1 unspecified atom stereocenters. The third kappa shape index (κ3) is 5.51. The van der Waals surface area contributed by atoms with E-state index in [0.717, 1.165) is 22.3 Å². The van der Waals surface area contributed by atoms with Gasteiger partial charge in [0, 0.05) is 19.0 Å². The first-order valence-corrected chi connectivity index (χ1v) is 11.1. The van der Waals surface area contributed by atoms with Crippen LogP contribution in [0.5, 0.6) is 5.88 Å². The summed E-state index contributed by atoms with van der Waals surface area (Å²) in [5.41, 5.74) is 5.66. The highest BCUT2D eigenvalue weighted by molar-refractivity contribution is 7.84. The van der Waals surface area contributed by atoms with E-state index in [-0.39, 0.29) is 29.1 Å². The van der Waals surface area contributed by atoms with Crippen LogP contribution < -0.4 is 10.1 Å². The van der Waals surface area contributed by atoms with E-state index in [9.17, 15) is 9.00 Å². The topological polar surface area (TPSA) is 81.2 Å². The number of hydrogen-bond acceptors (Lipinski definition) is 5. The summed E-state index contributed by atoms with van der Waals surface area (Å²) in [6, 6.07) is 13.9. The van der Waals surface area contributed by atoms with Crippen molar-refractivity contribution in [1.82, 2.24) is 15.3 Å². The SMILES string of the molecule is Cc1ccc(CNC(=O)c2cnc(S(C)=O)nc2OCc2ccc(C)c(C)c2)cc1. The molecule has 0 radical (unpaired) electrons. The molecular weight excluding hydrogens is 398 g/mol. The van der Waals surface area contributed by atoms with Gasteiger partial charge in [-0.2, -0.15) is 4.98 Å². The van der Waals surface area contributed by atoms with Gasteiger partial charge >= 0.3 is 0 Å². The van der Waals surface area contributed by atoms with Gasteiger partial charge in [-0.05, 0) is 43.0 Å². The van der Waals surface area contributed by atoms with Crippen LogP contribution in [0.25, 0.3) is 0 Å². The second kappa shape index (κ2) is 9.63. The van der Waals surface area contributed by atoms with Crippen molar-refractivity contribution in [3.63, 3.8) is 0 Å². The van der Waals surface area contributed by atoms with Crippen LogP contribution in [0.15, 0.2) is 53.8 Å². The van der Waals surface area contributed by atoms with Gasteiger partial charge in [0.05, 0.1) is 10.8 Å². The Morgan fingerprint density at radius 3 is 2.40 bits per heavy atom. The number of carbonyl (C=O) groups is 1. The summed E-state index contributed by atoms with van der Waals surface area (Å²) in [6.07, 6.45) is 2.85. The molecular formula is C23H25N3O3S. The molecule has 1 N–H and O–H groups in total. The Morgan fingerprint density at radius 1 is 1.03 bits per heavy atom. The molecule has 0 fully saturated rings. The largest absolute Gasteiger partial charge is 0.472 e. The minimum absolute atomic E-state index is 0.120. The van der Waals surface area contributed by atoms with Crippen LogP contribution in [-0.2, 0) is 24.0 Å². The maximum absolute atomic E-state index is 12.8. The highest BCUT2D eigenvalue weighted by Crippen LogP contribution is 2.19. The lowest BCUT2D eigenvalue weighted by Crippen LogP contribution is -2.24. The number of nitrogens with zero attached hydrogens (tertiary/aromatic N) is 2. The van der Waals surface area contributed by atoms with E-state index in [2.05, 4.69) is 15.3 Å². The van der Waals surface area contributed by atoms with Gasteiger partial charge < -0.3 is 10.1 Å². The number of nitrogens with one attached hydrogen (secondary N) is 1. The minimum Gasteiger partial charge on any atom is -0.472 e. The van der Waals surface area contributed by atoms with E-state index in [0.29, 0.717) is 6.54 Å². The molecule has 3 rings (SSSR count). The Labute approximate surface area is 179 Å². The molecule has 0 aliphatic rings. The van der Waals surface area contributed by atoms with Crippen LogP contribution in [0.3, 0.4) is 0 Å². The van der Waals surface area contributed by atoms with Gasteiger partial charge in [0.25, 0.3) is 5.91 Å². The Hall–Kier alpha value is -3.06. The second-order valence-corrected chi connectivity index (χ2v) is 8.47. The predicted octanol–water partition coefficient (Wildman–Crippen LogP) is 3.65. The third-order valence-electron chi connectivity index (χ3n) is 4.75. The van der Waals surface area contributed by atoms with E-state index in [1.807, 2.05) is 63.2 Å². The highest BCUT2D eigenvalue weighted by atomic mass is 32.2. The zero-order valence-corrected chi connectivity index (χ0v) is 18.4. The molecule has 0 bridgehead atoms. The van der Waals surface area contributed by atoms with Crippen molar-refractivity contribution in [2.45, 2.75) is 39.1 Å². The highest BCUT2D eigenvalue weighted by Gasteiger charge is 2.17. The number of carbonyl (C=O) groups excluding carboxylic acids is 1. The summed E-state index contributed by atoms with van der Waals surface area (Å²) in [6.45, 7) is 6.71. The first-order valence-electron chi connectivity index (χ1n) is 9.56. The van der Waals surface area contributed by atoms with Crippen molar-refractivity contribution < 1.29 is 13.7 Å². The summed E-state index contributed by atoms with van der Waals surface area (Å²) in [5.74, 6) is -0.228. The summed E-state index contributed by atoms with van der Waals surface area (Å²) in [4.78, 5) is 21.0. The van der Waals surface area contributed by atoms with E-state index in [1.165, 1.54) is 18.0 Å². The second-order valence-electron chi connectivity index (χ2n) is 7.20. The maximum Gasteiger partial charge on any atom is 0.258 e. The van der Waals surface area contributed by atoms with Crippen molar-refractivity contribution >= 4 is 16.7 Å². The zero-order valence-electron chi connectivity index (χ0n) is 17.6. The third-order valence-corrected chi connectivity index (χ3v) is 5.46. The molecule has 6 nitrogen and oxygen atoms in total. The molecule has 7 heteroatoms. The van der Waals surface area contributed by atoms with Crippen LogP contribution >= 0.6 is 0 Å². The van der Waals surface area contributed by atoms with Crippen molar-refractivity contribution in [3.8, 4) is 5.88 Å². The van der Waals surface area contributed by atoms with Gasteiger partial charge in [-0.1, -0.05) is 48.0 Å². The van der Waals surface area contributed by atoms with Gasteiger partial charge in [-0.25, -0.2) is 4.98 Å². The fourth-order valence-electron chi connectivity index (χ4n) is 2.78. The van der Waals surface area contributed by atoms with Crippen LogP contribution in [-0.4, -0.2) is 26.3 Å². The van der Waals surface area contributed by atoms with E-state index in [1.54, 1.807) is 0 Å². The van der Waals surface area contributed by atoms with E-state index in [4.69, 9.17) is 4.74 Å². The fraction of sp³-hybridized carbons (Fsp3) is 0.261. The van der Waals surface area contributed by atoms with Crippen molar-refractivity contribution in [2.75, 3.05) is 6.26 Å². The van der Waals surface area contributed by atoms with Crippen molar-refractivity contribution in [3.05, 3.63) is 82.0 Å². The number of hydrogen-bond donors (Lipinski definition) is 1. The number of aromatic nitrogens is 2. The molecule has 30 heavy (non-hydrogen) atoms. The van der Waals surface area contributed by atoms with Gasteiger partial charge in [0.15, 0.2) is 0 Å². The average Bonchev–Trinajstić information content (AvgIpc) is 2.73. The number of benzene rings is 2. The summed E-state index contributed by atoms with van der Waals surface area (Å²) in [5, 5.41) is 2.99. The summed E-state index contributed by atoms with van der Waals surface area (Å²) in [7, 11) is -1.39. The molecule has 1 heterocycles. The van der Waals surface area contributed by atoms with Crippen LogP contribution in [0.2, 0.25) is 0 Å². The van der Waals surface area contributed by atoms with Crippen LogP contribution in [0.4, 0.5) is 0 Å². The Morgan fingerprint density at radius 2 is 1.73 bits per heavy atom. The molecule has 1 atom stereocenters. The maximum atomic E-state index is 12.8. The lowest BCUT2D eigenvalue weighted by Gasteiger charge is -2.12. The van der Waals surface area contributed by atoms with Gasteiger partial charge in [0.2, 0.25) is 11.0 Å². The number of aryl methyl sites for hydroxylation is 3. The molecule has 0 saturated heterocycles. The zero-order chi connectivity index (χ0) is 21.7. The smallest absolute Gasteiger partial charge is 0.258 e. The first-order chi connectivity index (χ1) is 14.3. The van der Waals surface area contributed by atoms with Crippen LogP contribution in [0, 0.1) is 20.8 Å². The number of amides is 1.